The van der Waals surface area contributed by atoms with Crippen LogP contribution in [0.2, 0.25) is 0 Å². The van der Waals surface area contributed by atoms with Gasteiger partial charge in [0, 0.05) is 14.9 Å². The fourth-order valence-corrected chi connectivity index (χ4v) is 3.34. The molecule has 0 spiro atoms. The average Bonchev–Trinajstić information content (AvgIpc) is 2.91. The van der Waals surface area contributed by atoms with Crippen LogP contribution in [0.15, 0.2) is 46.3 Å². The van der Waals surface area contributed by atoms with E-state index >= 15 is 0 Å². The highest BCUT2D eigenvalue weighted by Gasteiger charge is 2.71. The van der Waals surface area contributed by atoms with E-state index in [1.54, 1.807) is 0 Å². The zero-order chi connectivity index (χ0) is 15.9. The Labute approximate surface area is 129 Å². The first kappa shape index (κ1) is 16.4. The first-order valence-corrected chi connectivity index (χ1v) is 7.25. The predicted octanol–water partition coefficient (Wildman–Crippen LogP) is 4.94. The van der Waals surface area contributed by atoms with E-state index in [2.05, 4.69) is 15.9 Å². The van der Waals surface area contributed by atoms with Gasteiger partial charge in [-0.15, -0.1) is 11.3 Å². The lowest BCUT2D eigenvalue weighted by molar-refractivity contribution is -0.336. The molecule has 0 aliphatic carbocycles. The van der Waals surface area contributed by atoms with E-state index in [0.29, 0.717) is 11.3 Å². The smallest absolute Gasteiger partial charge is 0.374 e. The maximum Gasteiger partial charge on any atom is 0.457 e. The monoisotopic (exact) mass is 386 g/mol. The van der Waals surface area contributed by atoms with E-state index in [0.717, 1.165) is 12.1 Å². The molecule has 0 saturated carbocycles. The summed E-state index contributed by atoms with van der Waals surface area (Å²) in [5.41, 5.74) is -4.05. The van der Waals surface area contributed by atoms with Gasteiger partial charge in [0.05, 0.1) is 0 Å². The van der Waals surface area contributed by atoms with Crippen LogP contribution < -0.4 is 0 Å². The lowest BCUT2D eigenvalue weighted by Crippen LogP contribution is -2.55. The minimum atomic E-state index is -5.90. The van der Waals surface area contributed by atoms with Crippen LogP contribution in [0, 0.1) is 0 Å². The van der Waals surface area contributed by atoms with Crippen LogP contribution in [-0.4, -0.2) is 17.2 Å². The van der Waals surface area contributed by atoms with Crippen molar-refractivity contribution < 1.29 is 27.1 Å². The molecule has 0 bridgehead atoms. The van der Waals surface area contributed by atoms with E-state index in [4.69, 9.17) is 0 Å². The van der Waals surface area contributed by atoms with E-state index < -0.39 is 28.1 Å². The minimum Gasteiger partial charge on any atom is -0.374 e. The van der Waals surface area contributed by atoms with Gasteiger partial charge in [-0.3, -0.25) is 0 Å². The second-order valence-electron chi connectivity index (χ2n) is 4.24. The Kier molecular flexibility index (Phi) is 4.16. The van der Waals surface area contributed by atoms with Gasteiger partial charge in [0.25, 0.3) is 0 Å². The maximum absolute atomic E-state index is 14.0. The number of hydrogen-bond acceptors (Lipinski definition) is 2. The number of thiophene rings is 1. The highest BCUT2D eigenvalue weighted by atomic mass is 79.9. The molecule has 114 valence electrons. The van der Waals surface area contributed by atoms with Crippen molar-refractivity contribution in [3.05, 3.63) is 56.7 Å². The number of alkyl halides is 5. The Balaban J connectivity index is 2.77. The standard InChI is InChI=1S/C13H8BrF5OS/c14-9-5-2-1-4-8(9)11(20,10-6-3-7-21-10)12(15,16)13(17,18)19/h1-7,20H. The SMILES string of the molecule is OC(c1cccs1)(c1ccccc1Br)C(F)(F)C(F)(F)F. The van der Waals surface area contributed by atoms with Gasteiger partial charge < -0.3 is 5.11 Å². The van der Waals surface area contributed by atoms with Crippen LogP contribution in [0.4, 0.5) is 22.0 Å². The lowest BCUT2D eigenvalue weighted by atomic mass is 9.85. The molecule has 1 atom stereocenters. The molecule has 0 aliphatic rings. The largest absolute Gasteiger partial charge is 0.457 e. The molecule has 0 saturated heterocycles. The summed E-state index contributed by atoms with van der Waals surface area (Å²) in [5, 5.41) is 11.7. The van der Waals surface area contributed by atoms with Crippen molar-refractivity contribution in [2.75, 3.05) is 0 Å². The molecule has 0 amide bonds. The molecule has 1 unspecified atom stereocenters. The molecule has 8 heteroatoms. The summed E-state index contributed by atoms with van der Waals surface area (Å²) in [7, 11) is 0. The third-order valence-corrected chi connectivity index (χ3v) is 4.62. The molecule has 21 heavy (non-hydrogen) atoms. The molecule has 1 nitrogen and oxygen atoms in total. The van der Waals surface area contributed by atoms with Crippen LogP contribution in [-0.2, 0) is 5.60 Å². The highest BCUT2D eigenvalue weighted by molar-refractivity contribution is 9.10. The van der Waals surface area contributed by atoms with Crippen LogP contribution in [0.1, 0.15) is 10.4 Å². The zero-order valence-electron chi connectivity index (χ0n) is 10.2. The summed E-state index contributed by atoms with van der Waals surface area (Å²) in [5.74, 6) is -5.35. The number of halogens is 6. The third-order valence-electron chi connectivity index (χ3n) is 2.95. The van der Waals surface area contributed by atoms with Crippen molar-refractivity contribution in [3.63, 3.8) is 0 Å². The molecule has 1 aromatic carbocycles. The molecule has 0 aliphatic heterocycles. The van der Waals surface area contributed by atoms with Crippen molar-refractivity contribution in [2.24, 2.45) is 0 Å². The van der Waals surface area contributed by atoms with Gasteiger partial charge in [-0.1, -0.05) is 40.2 Å². The minimum absolute atomic E-state index is 0.0372. The Hall–Kier alpha value is -0.990. The van der Waals surface area contributed by atoms with Gasteiger partial charge in [0.1, 0.15) is 0 Å². The van der Waals surface area contributed by atoms with Crippen LogP contribution in [0.5, 0.6) is 0 Å². The second kappa shape index (κ2) is 5.33. The van der Waals surface area contributed by atoms with E-state index in [1.165, 1.54) is 29.6 Å². The second-order valence-corrected chi connectivity index (χ2v) is 6.04. The van der Waals surface area contributed by atoms with Crippen LogP contribution in [0.25, 0.3) is 0 Å². The fraction of sp³-hybridized carbons (Fsp3) is 0.231. The van der Waals surface area contributed by atoms with Gasteiger partial charge in [-0.05, 0) is 17.5 Å². The molecular weight excluding hydrogens is 379 g/mol. The Morgan fingerprint density at radius 1 is 0.952 bits per heavy atom. The van der Waals surface area contributed by atoms with Crippen molar-refractivity contribution in [1.82, 2.24) is 0 Å². The van der Waals surface area contributed by atoms with E-state index in [9.17, 15) is 27.1 Å². The molecule has 1 N–H and O–H groups in total. The lowest BCUT2D eigenvalue weighted by Gasteiger charge is -2.37. The normalized spacial score (nSPS) is 15.8. The van der Waals surface area contributed by atoms with Gasteiger partial charge in [0.2, 0.25) is 0 Å². The number of rotatable bonds is 3. The highest BCUT2D eigenvalue weighted by Crippen LogP contribution is 2.53. The summed E-state index contributed by atoms with van der Waals surface area (Å²) in [4.78, 5) is -0.489. The quantitative estimate of drug-likeness (QED) is 0.740. The molecule has 1 heterocycles. The van der Waals surface area contributed by atoms with Crippen LogP contribution in [0.3, 0.4) is 0 Å². The summed E-state index contributed by atoms with van der Waals surface area (Å²) >= 11 is 3.55. The van der Waals surface area contributed by atoms with Gasteiger partial charge in [0.15, 0.2) is 5.60 Å². The Bertz CT molecular complexity index is 626. The fourth-order valence-electron chi connectivity index (χ4n) is 1.90. The molecule has 0 radical (unpaired) electrons. The molecular formula is C13H8BrF5OS. The number of benzene rings is 1. The van der Waals surface area contributed by atoms with E-state index in [-0.39, 0.29) is 4.47 Å². The van der Waals surface area contributed by atoms with Crippen molar-refractivity contribution in [2.45, 2.75) is 17.7 Å². The Morgan fingerprint density at radius 3 is 2.05 bits per heavy atom. The number of hydrogen-bond donors (Lipinski definition) is 1. The van der Waals surface area contributed by atoms with Crippen molar-refractivity contribution >= 4 is 27.3 Å². The Morgan fingerprint density at radius 2 is 1.57 bits per heavy atom. The molecule has 2 aromatic rings. The zero-order valence-corrected chi connectivity index (χ0v) is 12.6. The topological polar surface area (TPSA) is 20.2 Å². The first-order valence-electron chi connectivity index (χ1n) is 5.58. The summed E-state index contributed by atoms with van der Waals surface area (Å²) in [6.07, 6.45) is -5.90. The third kappa shape index (κ3) is 2.49. The van der Waals surface area contributed by atoms with Gasteiger partial charge in [-0.25, -0.2) is 0 Å². The summed E-state index contributed by atoms with van der Waals surface area (Å²) in [6.45, 7) is 0. The van der Waals surface area contributed by atoms with Crippen molar-refractivity contribution in [3.8, 4) is 0 Å². The van der Waals surface area contributed by atoms with Gasteiger partial charge in [-0.2, -0.15) is 22.0 Å². The maximum atomic E-state index is 14.0. The molecule has 0 fully saturated rings. The number of aliphatic hydroxyl groups is 1. The van der Waals surface area contributed by atoms with E-state index in [1.807, 2.05) is 0 Å². The summed E-state index contributed by atoms with van der Waals surface area (Å²) < 4.78 is 66.5. The van der Waals surface area contributed by atoms with Crippen LogP contribution >= 0.6 is 27.3 Å². The molecule has 2 rings (SSSR count). The first-order chi connectivity index (χ1) is 9.62. The van der Waals surface area contributed by atoms with Gasteiger partial charge >= 0.3 is 12.1 Å². The average molecular weight is 387 g/mol. The van der Waals surface area contributed by atoms with Crippen molar-refractivity contribution in [1.29, 1.82) is 0 Å². The molecule has 1 aromatic heterocycles. The predicted molar refractivity (Wildman–Crippen MR) is 72.5 cm³/mol. The summed E-state index contributed by atoms with van der Waals surface area (Å²) in [6, 6.07) is 7.40.